The molecule has 5 nitrogen and oxygen atoms in total. The van der Waals surface area contributed by atoms with Crippen LogP contribution in [0.3, 0.4) is 0 Å². The molecule has 2 aromatic rings. The Kier molecular flexibility index (Phi) is 6.31. The number of nitrogens with two attached hydrogens (primary N) is 1. The van der Waals surface area contributed by atoms with Gasteiger partial charge >= 0.3 is 0 Å². The van der Waals surface area contributed by atoms with E-state index in [4.69, 9.17) is 5.73 Å². The van der Waals surface area contributed by atoms with Gasteiger partial charge in [-0.05, 0) is 43.4 Å². The standard InChI is InChI=1S/C19H27N3O2/c1-14(23)19(22(3)11-10-21(2)13-18(20)24)17-9-8-15-6-4-5-7-16(15)12-17/h4-9,12,14,19,23H,10-11,13H2,1-3H3,(H2,20,24). The van der Waals surface area contributed by atoms with E-state index in [0.29, 0.717) is 6.54 Å². The van der Waals surface area contributed by atoms with Crippen molar-refractivity contribution in [2.24, 2.45) is 5.73 Å². The highest BCUT2D eigenvalue weighted by atomic mass is 16.3. The lowest BCUT2D eigenvalue weighted by Crippen LogP contribution is -2.39. The first-order valence-corrected chi connectivity index (χ1v) is 8.22. The molecular weight excluding hydrogens is 302 g/mol. The third-order valence-corrected chi connectivity index (χ3v) is 4.31. The molecule has 2 rings (SSSR count). The van der Waals surface area contributed by atoms with Crippen LogP contribution in [0.1, 0.15) is 18.5 Å². The van der Waals surface area contributed by atoms with Crippen LogP contribution in [0.4, 0.5) is 0 Å². The van der Waals surface area contributed by atoms with E-state index in [0.717, 1.165) is 12.1 Å². The Labute approximate surface area is 143 Å². The Hall–Kier alpha value is -1.95. The average Bonchev–Trinajstić information content (AvgIpc) is 2.52. The molecule has 0 radical (unpaired) electrons. The predicted octanol–water partition coefficient (Wildman–Crippen LogP) is 1.61. The fraction of sp³-hybridized carbons (Fsp3) is 0.421. The first kappa shape index (κ1) is 18.4. The van der Waals surface area contributed by atoms with Crippen LogP contribution in [0.25, 0.3) is 10.8 Å². The van der Waals surface area contributed by atoms with Crippen molar-refractivity contribution in [2.75, 3.05) is 33.7 Å². The van der Waals surface area contributed by atoms with Crippen molar-refractivity contribution in [3.8, 4) is 0 Å². The summed E-state index contributed by atoms with van der Waals surface area (Å²) in [7, 11) is 3.86. The third-order valence-electron chi connectivity index (χ3n) is 4.31. The molecule has 0 heterocycles. The summed E-state index contributed by atoms with van der Waals surface area (Å²) in [6.07, 6.45) is -0.502. The molecule has 0 aliphatic rings. The van der Waals surface area contributed by atoms with Gasteiger partial charge < -0.3 is 10.8 Å². The molecule has 2 atom stereocenters. The number of hydrogen-bond donors (Lipinski definition) is 2. The molecule has 0 aliphatic heterocycles. The first-order chi connectivity index (χ1) is 11.4. The second kappa shape index (κ2) is 8.24. The van der Waals surface area contributed by atoms with Gasteiger partial charge in [0.15, 0.2) is 0 Å². The number of carbonyl (C=O) groups excluding carboxylic acids is 1. The fourth-order valence-electron chi connectivity index (χ4n) is 3.11. The molecule has 0 bridgehead atoms. The number of aliphatic hydroxyl groups is 1. The number of rotatable bonds is 8. The zero-order valence-electron chi connectivity index (χ0n) is 14.6. The maximum absolute atomic E-state index is 11.0. The molecule has 2 unspecified atom stereocenters. The molecule has 0 spiro atoms. The topological polar surface area (TPSA) is 69.8 Å². The van der Waals surface area contributed by atoms with Crippen LogP contribution in [-0.2, 0) is 4.79 Å². The van der Waals surface area contributed by atoms with Gasteiger partial charge in [-0.15, -0.1) is 0 Å². The van der Waals surface area contributed by atoms with Gasteiger partial charge in [-0.25, -0.2) is 0 Å². The maximum atomic E-state index is 11.0. The normalized spacial score (nSPS) is 14.2. The molecular formula is C19H27N3O2. The Morgan fingerprint density at radius 2 is 1.79 bits per heavy atom. The Morgan fingerprint density at radius 1 is 1.12 bits per heavy atom. The van der Waals surface area contributed by atoms with Crippen molar-refractivity contribution >= 4 is 16.7 Å². The van der Waals surface area contributed by atoms with E-state index >= 15 is 0 Å². The van der Waals surface area contributed by atoms with E-state index in [9.17, 15) is 9.90 Å². The van der Waals surface area contributed by atoms with Gasteiger partial charge in [-0.1, -0.05) is 36.4 Å². The van der Waals surface area contributed by atoms with Crippen molar-refractivity contribution in [2.45, 2.75) is 19.1 Å². The number of hydrogen-bond acceptors (Lipinski definition) is 4. The molecule has 0 aliphatic carbocycles. The highest BCUT2D eigenvalue weighted by Gasteiger charge is 2.22. The van der Waals surface area contributed by atoms with Crippen LogP contribution in [0.15, 0.2) is 42.5 Å². The number of aliphatic hydroxyl groups excluding tert-OH is 1. The molecule has 2 aromatic carbocycles. The van der Waals surface area contributed by atoms with Crippen molar-refractivity contribution in [3.63, 3.8) is 0 Å². The summed E-state index contributed by atoms with van der Waals surface area (Å²) in [5, 5.41) is 12.6. The lowest BCUT2D eigenvalue weighted by molar-refractivity contribution is -0.118. The quantitative estimate of drug-likeness (QED) is 0.772. The molecule has 1 amide bonds. The Morgan fingerprint density at radius 3 is 2.42 bits per heavy atom. The summed E-state index contributed by atoms with van der Waals surface area (Å²) < 4.78 is 0. The number of likely N-dealkylation sites (N-methyl/N-ethyl adjacent to an activating group) is 2. The third kappa shape index (κ3) is 4.77. The van der Waals surface area contributed by atoms with Gasteiger partial charge in [0.1, 0.15) is 0 Å². The van der Waals surface area contributed by atoms with Gasteiger partial charge in [-0.3, -0.25) is 14.6 Å². The van der Waals surface area contributed by atoms with Crippen molar-refractivity contribution < 1.29 is 9.90 Å². The fourth-order valence-corrected chi connectivity index (χ4v) is 3.11. The molecule has 5 heteroatoms. The molecule has 130 valence electrons. The summed E-state index contributed by atoms with van der Waals surface area (Å²) in [6.45, 7) is 3.48. The van der Waals surface area contributed by atoms with E-state index in [1.54, 1.807) is 0 Å². The van der Waals surface area contributed by atoms with Crippen molar-refractivity contribution in [1.82, 2.24) is 9.80 Å². The minimum Gasteiger partial charge on any atom is -0.391 e. The minimum atomic E-state index is -0.502. The summed E-state index contributed by atoms with van der Waals surface area (Å²) in [5.74, 6) is -0.332. The van der Waals surface area contributed by atoms with E-state index in [1.165, 1.54) is 10.8 Å². The SMILES string of the molecule is CC(O)C(c1ccc2ccccc2c1)N(C)CCN(C)CC(N)=O. The lowest BCUT2D eigenvalue weighted by Gasteiger charge is -2.32. The molecule has 24 heavy (non-hydrogen) atoms. The zero-order chi connectivity index (χ0) is 17.7. The van der Waals surface area contributed by atoms with E-state index in [1.807, 2.05) is 38.1 Å². The monoisotopic (exact) mass is 329 g/mol. The zero-order valence-corrected chi connectivity index (χ0v) is 14.6. The smallest absolute Gasteiger partial charge is 0.231 e. The first-order valence-electron chi connectivity index (χ1n) is 8.22. The largest absolute Gasteiger partial charge is 0.391 e. The average molecular weight is 329 g/mol. The second-order valence-corrected chi connectivity index (χ2v) is 6.48. The van der Waals surface area contributed by atoms with Crippen LogP contribution in [0, 0.1) is 0 Å². The van der Waals surface area contributed by atoms with E-state index in [-0.39, 0.29) is 18.5 Å². The maximum Gasteiger partial charge on any atom is 0.231 e. The van der Waals surface area contributed by atoms with Crippen LogP contribution in [0.5, 0.6) is 0 Å². The van der Waals surface area contributed by atoms with Crippen LogP contribution in [0.2, 0.25) is 0 Å². The molecule has 0 fully saturated rings. The predicted molar refractivity (Wildman–Crippen MR) is 97.7 cm³/mol. The van der Waals surface area contributed by atoms with Crippen LogP contribution < -0.4 is 5.73 Å². The molecule has 0 saturated heterocycles. The summed E-state index contributed by atoms with van der Waals surface area (Å²) in [6, 6.07) is 14.4. The summed E-state index contributed by atoms with van der Waals surface area (Å²) >= 11 is 0. The highest BCUT2D eigenvalue weighted by Crippen LogP contribution is 2.26. The van der Waals surface area contributed by atoms with Gasteiger partial charge in [0.25, 0.3) is 0 Å². The van der Waals surface area contributed by atoms with Gasteiger partial charge in [0, 0.05) is 13.1 Å². The summed E-state index contributed by atoms with van der Waals surface area (Å²) in [4.78, 5) is 15.0. The number of fused-ring (bicyclic) bond motifs is 1. The van der Waals surface area contributed by atoms with Crippen molar-refractivity contribution in [3.05, 3.63) is 48.0 Å². The Bertz CT molecular complexity index is 687. The molecule has 0 saturated carbocycles. The number of primary amides is 1. The number of benzene rings is 2. The number of carbonyl (C=O) groups is 1. The molecule has 0 aromatic heterocycles. The summed E-state index contributed by atoms with van der Waals surface area (Å²) in [5.41, 5.74) is 6.30. The van der Waals surface area contributed by atoms with Gasteiger partial charge in [0.2, 0.25) is 5.91 Å². The number of nitrogens with zero attached hydrogens (tertiary/aromatic N) is 2. The van der Waals surface area contributed by atoms with Gasteiger partial charge in [-0.2, -0.15) is 0 Å². The van der Waals surface area contributed by atoms with Crippen LogP contribution in [-0.4, -0.2) is 60.6 Å². The minimum absolute atomic E-state index is 0.100. The molecule has 3 N–H and O–H groups in total. The van der Waals surface area contributed by atoms with Gasteiger partial charge in [0.05, 0.1) is 18.7 Å². The highest BCUT2D eigenvalue weighted by molar-refractivity contribution is 5.83. The van der Waals surface area contributed by atoms with Crippen molar-refractivity contribution in [1.29, 1.82) is 0 Å². The van der Waals surface area contributed by atoms with E-state index in [2.05, 4.69) is 35.2 Å². The number of amides is 1. The lowest BCUT2D eigenvalue weighted by atomic mass is 9.97. The van der Waals surface area contributed by atoms with E-state index < -0.39 is 6.10 Å². The second-order valence-electron chi connectivity index (χ2n) is 6.48. The Balaban J connectivity index is 2.13. The van der Waals surface area contributed by atoms with Crippen LogP contribution >= 0.6 is 0 Å².